The Labute approximate surface area is 124 Å². The predicted octanol–water partition coefficient (Wildman–Crippen LogP) is 1.49. The zero-order chi connectivity index (χ0) is 14.8. The molecule has 0 aliphatic heterocycles. The van der Waals surface area contributed by atoms with Gasteiger partial charge >= 0.3 is 0 Å². The van der Waals surface area contributed by atoms with E-state index in [1.807, 2.05) is 18.2 Å². The summed E-state index contributed by atoms with van der Waals surface area (Å²) in [6.07, 6.45) is 0. The molecule has 0 saturated heterocycles. The second kappa shape index (κ2) is 9.50. The summed E-state index contributed by atoms with van der Waals surface area (Å²) in [5.41, 5.74) is 1.25. The number of tetrazole rings is 1. The number of hydrogen-bond acceptors (Lipinski definition) is 4. The lowest BCUT2D eigenvalue weighted by atomic mass is 10.2. The van der Waals surface area contributed by atoms with Crippen LogP contribution in [0.2, 0.25) is 0 Å². The highest BCUT2D eigenvalue weighted by atomic mass is 32.2. The summed E-state index contributed by atoms with van der Waals surface area (Å²) in [5, 5.41) is 17.2. The van der Waals surface area contributed by atoms with E-state index in [1.165, 1.54) is 17.3 Å². The summed E-state index contributed by atoms with van der Waals surface area (Å²) >= 11 is 1.53. The van der Waals surface area contributed by atoms with Crippen molar-refractivity contribution in [3.63, 3.8) is 0 Å². The molecule has 0 bridgehead atoms. The van der Waals surface area contributed by atoms with Crippen molar-refractivity contribution in [3.05, 3.63) is 35.9 Å². The van der Waals surface area contributed by atoms with Gasteiger partial charge in [0.2, 0.25) is 0 Å². The van der Waals surface area contributed by atoms with Crippen LogP contribution in [-0.2, 0) is 5.75 Å². The van der Waals surface area contributed by atoms with E-state index in [4.69, 9.17) is 0 Å². The fourth-order valence-electron chi connectivity index (χ4n) is 1.69. The fourth-order valence-corrected chi connectivity index (χ4v) is 2.36. The summed E-state index contributed by atoms with van der Waals surface area (Å²) in [7, 11) is 0. The molecule has 2 rings (SSSR count). The lowest BCUT2D eigenvalue weighted by Crippen LogP contribution is -2.92. The van der Waals surface area contributed by atoms with Crippen LogP contribution in [0.3, 0.4) is 0 Å². The van der Waals surface area contributed by atoms with Crippen molar-refractivity contribution in [3.8, 4) is 0 Å². The molecule has 0 aliphatic carbocycles. The molecule has 1 heterocycles. The number of nitrogens with zero attached hydrogens (tertiary/aromatic N) is 4. The van der Waals surface area contributed by atoms with Crippen LogP contribution in [0.15, 0.2) is 35.5 Å². The highest BCUT2D eigenvalue weighted by Crippen LogP contribution is 2.16. The third-order valence-corrected chi connectivity index (χ3v) is 3.18. The Kier molecular flexibility index (Phi) is 7.91. The van der Waals surface area contributed by atoms with Crippen molar-refractivity contribution in [2.75, 3.05) is 0 Å². The SMILES string of the molecule is CC(C)[NH2+]C(C)C.c1ccc(CSc2nnn[n-]2)cc1. The Morgan fingerprint density at radius 1 is 1.10 bits per heavy atom. The van der Waals surface area contributed by atoms with Crippen molar-refractivity contribution < 1.29 is 5.32 Å². The third kappa shape index (κ3) is 7.91. The van der Waals surface area contributed by atoms with Gasteiger partial charge in [-0.1, -0.05) is 30.3 Å². The van der Waals surface area contributed by atoms with E-state index < -0.39 is 0 Å². The van der Waals surface area contributed by atoms with Crippen LogP contribution >= 0.6 is 11.8 Å². The van der Waals surface area contributed by atoms with Gasteiger partial charge in [-0.15, -0.1) is 11.8 Å². The highest BCUT2D eigenvalue weighted by Gasteiger charge is 1.97. The fraction of sp³-hybridized carbons (Fsp3) is 0.500. The first-order chi connectivity index (χ1) is 9.58. The smallest absolute Gasteiger partial charge is 0.0803 e. The Bertz CT molecular complexity index is 436. The predicted molar refractivity (Wildman–Crippen MR) is 81.3 cm³/mol. The molecule has 0 radical (unpaired) electrons. The van der Waals surface area contributed by atoms with Crippen LogP contribution < -0.4 is 10.4 Å². The van der Waals surface area contributed by atoms with Gasteiger partial charge in [0, 0.05) is 5.75 Å². The minimum absolute atomic E-state index is 0.629. The summed E-state index contributed by atoms with van der Waals surface area (Å²) in [6.45, 7) is 8.83. The number of rotatable bonds is 5. The summed E-state index contributed by atoms with van der Waals surface area (Å²) in [4.78, 5) is 0. The zero-order valence-corrected chi connectivity index (χ0v) is 13.3. The summed E-state index contributed by atoms with van der Waals surface area (Å²) < 4.78 is 0. The molecular formula is C14H23N5S. The minimum Gasteiger partial charge on any atom is -0.342 e. The molecular weight excluding hydrogens is 270 g/mol. The van der Waals surface area contributed by atoms with Crippen LogP contribution in [-0.4, -0.2) is 27.6 Å². The first-order valence-electron chi connectivity index (χ1n) is 6.78. The normalized spacial score (nSPS) is 10.5. The van der Waals surface area contributed by atoms with Gasteiger partial charge in [-0.05, 0) is 33.3 Å². The molecule has 1 aromatic heterocycles. The van der Waals surface area contributed by atoms with Gasteiger partial charge in [0.25, 0.3) is 0 Å². The second-order valence-corrected chi connectivity index (χ2v) is 6.06. The molecule has 110 valence electrons. The average molecular weight is 293 g/mol. The molecule has 2 aromatic rings. The molecule has 0 amide bonds. The molecule has 0 saturated carbocycles. The topological polar surface area (TPSA) is 69.4 Å². The minimum atomic E-state index is 0.629. The van der Waals surface area contributed by atoms with Crippen LogP contribution in [0.1, 0.15) is 33.3 Å². The molecule has 5 nitrogen and oxygen atoms in total. The first kappa shape index (κ1) is 16.7. The zero-order valence-electron chi connectivity index (χ0n) is 12.5. The molecule has 0 atom stereocenters. The largest absolute Gasteiger partial charge is 0.342 e. The number of aromatic nitrogens is 4. The molecule has 2 N–H and O–H groups in total. The van der Waals surface area contributed by atoms with Gasteiger partial charge in [-0.2, -0.15) is 5.21 Å². The number of nitrogens with two attached hydrogens (primary N) is 1. The molecule has 0 spiro atoms. The van der Waals surface area contributed by atoms with Crippen LogP contribution in [0.5, 0.6) is 0 Å². The van der Waals surface area contributed by atoms with Gasteiger partial charge in [-0.25, -0.2) is 0 Å². The maximum absolute atomic E-state index is 3.72. The number of hydrogen-bond donors (Lipinski definition) is 1. The molecule has 0 unspecified atom stereocenters. The number of benzene rings is 1. The molecule has 0 fully saturated rings. The lowest BCUT2D eigenvalue weighted by Gasteiger charge is -2.06. The van der Waals surface area contributed by atoms with E-state index in [1.54, 1.807) is 0 Å². The highest BCUT2D eigenvalue weighted by molar-refractivity contribution is 7.98. The van der Waals surface area contributed by atoms with E-state index in [0.717, 1.165) is 17.8 Å². The molecule has 1 aromatic carbocycles. The van der Waals surface area contributed by atoms with Crippen molar-refractivity contribution >= 4 is 11.8 Å². The van der Waals surface area contributed by atoms with E-state index in [9.17, 15) is 0 Å². The lowest BCUT2D eigenvalue weighted by molar-refractivity contribution is -0.709. The Morgan fingerprint density at radius 2 is 1.75 bits per heavy atom. The Balaban J connectivity index is 0.000000246. The van der Waals surface area contributed by atoms with Crippen LogP contribution in [0, 0.1) is 0 Å². The summed E-state index contributed by atoms with van der Waals surface area (Å²) in [6, 6.07) is 11.7. The third-order valence-electron chi connectivity index (χ3n) is 2.28. The maximum atomic E-state index is 3.72. The van der Waals surface area contributed by atoms with Crippen molar-refractivity contribution in [2.24, 2.45) is 0 Å². The number of thioether (sulfide) groups is 1. The first-order valence-corrected chi connectivity index (χ1v) is 7.77. The van der Waals surface area contributed by atoms with Crippen LogP contribution in [0.25, 0.3) is 0 Å². The van der Waals surface area contributed by atoms with Crippen molar-refractivity contribution in [1.82, 2.24) is 20.6 Å². The van der Waals surface area contributed by atoms with E-state index >= 15 is 0 Å². The maximum Gasteiger partial charge on any atom is 0.0803 e. The molecule has 6 heteroatoms. The van der Waals surface area contributed by atoms with Crippen molar-refractivity contribution in [1.29, 1.82) is 0 Å². The van der Waals surface area contributed by atoms with Crippen molar-refractivity contribution in [2.45, 2.75) is 50.7 Å². The average Bonchev–Trinajstić information content (AvgIpc) is 2.90. The Morgan fingerprint density at radius 3 is 2.20 bits per heavy atom. The van der Waals surface area contributed by atoms with Gasteiger partial charge in [0.05, 0.1) is 17.2 Å². The van der Waals surface area contributed by atoms with E-state index in [2.05, 4.69) is 65.8 Å². The molecule has 20 heavy (non-hydrogen) atoms. The second-order valence-electron chi connectivity index (χ2n) is 5.12. The van der Waals surface area contributed by atoms with Gasteiger partial charge in [-0.3, -0.25) is 10.3 Å². The quantitative estimate of drug-likeness (QED) is 0.846. The van der Waals surface area contributed by atoms with Crippen LogP contribution in [0.4, 0.5) is 0 Å². The summed E-state index contributed by atoms with van der Waals surface area (Å²) in [5.74, 6) is 0.855. The van der Waals surface area contributed by atoms with Gasteiger partial charge < -0.3 is 10.4 Å². The molecule has 0 aliphatic rings. The Hall–Kier alpha value is -1.40. The number of quaternary nitrogens is 1. The van der Waals surface area contributed by atoms with E-state index in [-0.39, 0.29) is 0 Å². The van der Waals surface area contributed by atoms with Gasteiger partial charge in [0.1, 0.15) is 0 Å². The monoisotopic (exact) mass is 293 g/mol. The standard InChI is InChI=1S/C8H7N4S.C6H15N/c1-2-4-7(5-3-1)6-13-8-9-11-12-10-8;1-5(2)7-6(3)4/h1-5H,6H2;5-7H,1-4H3/q-1;/p+1. The van der Waals surface area contributed by atoms with Gasteiger partial charge in [0.15, 0.2) is 0 Å². The van der Waals surface area contributed by atoms with E-state index in [0.29, 0.717) is 5.16 Å².